The van der Waals surface area contributed by atoms with Crippen LogP contribution in [0, 0.1) is 5.82 Å². The Balaban J connectivity index is 1.63. The monoisotopic (exact) mass is 404 g/mol. The number of hydrogen-bond donors (Lipinski definition) is 2. The predicted octanol–water partition coefficient (Wildman–Crippen LogP) is 3.66. The summed E-state index contributed by atoms with van der Waals surface area (Å²) in [6, 6.07) is 14.9. The molecule has 3 rings (SSSR count). The van der Waals surface area contributed by atoms with Crippen molar-refractivity contribution in [1.29, 1.82) is 0 Å². The summed E-state index contributed by atoms with van der Waals surface area (Å²) < 4.78 is 40.6. The second-order valence-electron chi connectivity index (χ2n) is 5.69. The molecule has 2 N–H and O–H groups in total. The van der Waals surface area contributed by atoms with Gasteiger partial charge in [-0.2, -0.15) is 0 Å². The molecule has 140 valence electrons. The standard InChI is InChI=1S/C19H17FN2O3S2/c20-17-5-1-2-6-18(17)22-27(24,25)16-9-7-14(8-10-16)19(23)21-12-11-15-4-3-13-26-15/h1-10,13,22H,11-12H2,(H,21,23). The van der Waals surface area contributed by atoms with Gasteiger partial charge in [-0.15, -0.1) is 11.3 Å². The maximum atomic E-state index is 13.6. The molecule has 8 heteroatoms. The Bertz CT molecular complexity index is 1020. The minimum Gasteiger partial charge on any atom is -0.352 e. The van der Waals surface area contributed by atoms with Crippen molar-refractivity contribution in [3.8, 4) is 0 Å². The van der Waals surface area contributed by atoms with Crippen LogP contribution < -0.4 is 10.0 Å². The van der Waals surface area contributed by atoms with Gasteiger partial charge in [0, 0.05) is 17.0 Å². The molecule has 0 unspecified atom stereocenters. The number of anilines is 1. The van der Waals surface area contributed by atoms with Crippen LogP contribution in [0.1, 0.15) is 15.2 Å². The van der Waals surface area contributed by atoms with Crippen molar-refractivity contribution < 1.29 is 17.6 Å². The molecule has 0 saturated heterocycles. The highest BCUT2D eigenvalue weighted by atomic mass is 32.2. The average Bonchev–Trinajstić information content (AvgIpc) is 3.17. The number of sulfonamides is 1. The fourth-order valence-corrected chi connectivity index (χ4v) is 4.17. The second kappa shape index (κ2) is 8.32. The molecule has 3 aromatic rings. The molecule has 27 heavy (non-hydrogen) atoms. The van der Waals surface area contributed by atoms with Crippen molar-refractivity contribution in [3.05, 3.63) is 82.3 Å². The van der Waals surface area contributed by atoms with Crippen molar-refractivity contribution in [1.82, 2.24) is 5.32 Å². The third-order valence-electron chi connectivity index (χ3n) is 3.78. The van der Waals surface area contributed by atoms with Crippen molar-refractivity contribution in [2.75, 3.05) is 11.3 Å². The largest absolute Gasteiger partial charge is 0.352 e. The molecule has 0 aliphatic carbocycles. The maximum absolute atomic E-state index is 13.6. The van der Waals surface area contributed by atoms with Gasteiger partial charge in [0.2, 0.25) is 0 Å². The molecule has 0 radical (unpaired) electrons. The van der Waals surface area contributed by atoms with E-state index in [1.807, 2.05) is 17.5 Å². The van der Waals surface area contributed by atoms with E-state index >= 15 is 0 Å². The zero-order valence-electron chi connectivity index (χ0n) is 14.2. The highest BCUT2D eigenvalue weighted by Gasteiger charge is 2.16. The number of para-hydroxylation sites is 1. The molecule has 0 spiro atoms. The van der Waals surface area contributed by atoms with E-state index in [2.05, 4.69) is 10.0 Å². The van der Waals surface area contributed by atoms with E-state index in [9.17, 15) is 17.6 Å². The molecule has 0 aliphatic rings. The van der Waals surface area contributed by atoms with Gasteiger partial charge < -0.3 is 5.32 Å². The lowest BCUT2D eigenvalue weighted by Gasteiger charge is -2.09. The van der Waals surface area contributed by atoms with Crippen LogP contribution in [0.3, 0.4) is 0 Å². The van der Waals surface area contributed by atoms with E-state index in [0.717, 1.165) is 6.42 Å². The normalized spacial score (nSPS) is 11.1. The van der Waals surface area contributed by atoms with Crippen LogP contribution in [-0.2, 0) is 16.4 Å². The lowest BCUT2D eigenvalue weighted by molar-refractivity contribution is 0.0954. The summed E-state index contributed by atoms with van der Waals surface area (Å²) in [5.41, 5.74) is 0.221. The first-order valence-corrected chi connectivity index (χ1v) is 10.5. The summed E-state index contributed by atoms with van der Waals surface area (Å²) >= 11 is 1.63. The number of carbonyl (C=O) groups excluding carboxylic acids is 1. The van der Waals surface area contributed by atoms with Crippen LogP contribution >= 0.6 is 11.3 Å². The zero-order chi connectivity index (χ0) is 19.3. The van der Waals surface area contributed by atoms with Crippen LogP contribution in [0.4, 0.5) is 10.1 Å². The van der Waals surface area contributed by atoms with E-state index in [0.29, 0.717) is 12.1 Å². The van der Waals surface area contributed by atoms with Gasteiger partial charge in [-0.05, 0) is 54.3 Å². The summed E-state index contributed by atoms with van der Waals surface area (Å²) in [6.45, 7) is 0.494. The topological polar surface area (TPSA) is 75.3 Å². The van der Waals surface area contributed by atoms with Crippen molar-refractivity contribution in [3.63, 3.8) is 0 Å². The fourth-order valence-electron chi connectivity index (χ4n) is 2.39. The molecular weight excluding hydrogens is 387 g/mol. The van der Waals surface area contributed by atoms with Gasteiger partial charge in [0.1, 0.15) is 5.82 Å². The maximum Gasteiger partial charge on any atom is 0.261 e. The molecule has 1 heterocycles. The van der Waals surface area contributed by atoms with E-state index in [-0.39, 0.29) is 16.5 Å². The Hall–Kier alpha value is -2.71. The van der Waals surface area contributed by atoms with Gasteiger partial charge in [0.25, 0.3) is 15.9 Å². The Morgan fingerprint density at radius 1 is 1.00 bits per heavy atom. The van der Waals surface area contributed by atoms with E-state index in [1.54, 1.807) is 11.3 Å². The summed E-state index contributed by atoms with van der Waals surface area (Å²) in [5, 5.41) is 4.77. The number of thiophene rings is 1. The van der Waals surface area contributed by atoms with Crippen LogP contribution in [0.15, 0.2) is 70.9 Å². The molecule has 0 saturated carbocycles. The predicted molar refractivity (Wildman–Crippen MR) is 104 cm³/mol. The summed E-state index contributed by atoms with van der Waals surface area (Å²) in [7, 11) is -3.95. The van der Waals surface area contributed by atoms with Gasteiger partial charge in [-0.3, -0.25) is 9.52 Å². The van der Waals surface area contributed by atoms with Crippen LogP contribution in [-0.4, -0.2) is 20.9 Å². The first-order chi connectivity index (χ1) is 13.0. The number of amides is 1. The smallest absolute Gasteiger partial charge is 0.261 e. The number of hydrogen-bond acceptors (Lipinski definition) is 4. The quantitative estimate of drug-likeness (QED) is 0.631. The highest BCUT2D eigenvalue weighted by molar-refractivity contribution is 7.92. The number of carbonyl (C=O) groups is 1. The van der Waals surface area contributed by atoms with Gasteiger partial charge in [-0.1, -0.05) is 18.2 Å². The lowest BCUT2D eigenvalue weighted by atomic mass is 10.2. The molecule has 0 atom stereocenters. The summed E-state index contributed by atoms with van der Waals surface area (Å²) in [5.74, 6) is -0.944. The second-order valence-corrected chi connectivity index (χ2v) is 8.41. The van der Waals surface area contributed by atoms with Crippen LogP contribution in [0.2, 0.25) is 0 Å². The van der Waals surface area contributed by atoms with Crippen molar-refractivity contribution >= 4 is 33.0 Å². The number of nitrogens with one attached hydrogen (secondary N) is 2. The molecular formula is C19H17FN2O3S2. The third kappa shape index (κ3) is 4.93. The molecule has 0 bridgehead atoms. The van der Waals surface area contributed by atoms with E-state index in [1.165, 1.54) is 53.4 Å². The van der Waals surface area contributed by atoms with Crippen molar-refractivity contribution in [2.45, 2.75) is 11.3 Å². The first kappa shape index (κ1) is 19.1. The minimum absolute atomic E-state index is 0.0547. The highest BCUT2D eigenvalue weighted by Crippen LogP contribution is 2.19. The van der Waals surface area contributed by atoms with Crippen LogP contribution in [0.5, 0.6) is 0 Å². The van der Waals surface area contributed by atoms with E-state index < -0.39 is 15.8 Å². The number of benzene rings is 2. The molecule has 2 aromatic carbocycles. The van der Waals surface area contributed by atoms with Crippen LogP contribution in [0.25, 0.3) is 0 Å². The lowest BCUT2D eigenvalue weighted by Crippen LogP contribution is -2.25. The van der Waals surface area contributed by atoms with Crippen molar-refractivity contribution in [2.24, 2.45) is 0 Å². The van der Waals surface area contributed by atoms with Gasteiger partial charge in [0.15, 0.2) is 0 Å². The molecule has 5 nitrogen and oxygen atoms in total. The zero-order valence-corrected chi connectivity index (χ0v) is 15.8. The Labute approximate surface area is 160 Å². The third-order valence-corrected chi connectivity index (χ3v) is 6.10. The Kier molecular flexibility index (Phi) is 5.88. The first-order valence-electron chi connectivity index (χ1n) is 8.14. The molecule has 1 aromatic heterocycles. The molecule has 0 fully saturated rings. The number of halogens is 1. The van der Waals surface area contributed by atoms with E-state index in [4.69, 9.17) is 0 Å². The average molecular weight is 404 g/mol. The minimum atomic E-state index is -3.95. The summed E-state index contributed by atoms with van der Waals surface area (Å²) in [6.07, 6.45) is 0.739. The Morgan fingerprint density at radius 3 is 2.41 bits per heavy atom. The molecule has 0 aliphatic heterocycles. The Morgan fingerprint density at radius 2 is 1.74 bits per heavy atom. The summed E-state index contributed by atoms with van der Waals surface area (Å²) in [4.78, 5) is 13.3. The molecule has 1 amide bonds. The van der Waals surface area contributed by atoms with Gasteiger partial charge in [0.05, 0.1) is 10.6 Å². The number of rotatable bonds is 7. The van der Waals surface area contributed by atoms with Gasteiger partial charge >= 0.3 is 0 Å². The fraction of sp³-hybridized carbons (Fsp3) is 0.105. The SMILES string of the molecule is O=C(NCCc1cccs1)c1ccc(S(=O)(=O)Nc2ccccc2F)cc1. The van der Waals surface area contributed by atoms with Gasteiger partial charge in [-0.25, -0.2) is 12.8 Å².